The molecule has 5 unspecified atom stereocenters. The summed E-state index contributed by atoms with van der Waals surface area (Å²) in [7, 11) is 1.64. The van der Waals surface area contributed by atoms with E-state index >= 15 is 0 Å². The molecule has 3 aliphatic heterocycles. The van der Waals surface area contributed by atoms with Gasteiger partial charge < -0.3 is 24.2 Å². The SMILES string of the molecule is COC1CCCC2C1=C(C(=O)OCCN1CCOCC1)N1C(=O)C(C(C)O)C21. The van der Waals surface area contributed by atoms with Crippen molar-refractivity contribution in [2.24, 2.45) is 11.8 Å². The minimum Gasteiger partial charge on any atom is -0.460 e. The van der Waals surface area contributed by atoms with Crippen molar-refractivity contribution in [3.63, 3.8) is 0 Å². The van der Waals surface area contributed by atoms with E-state index in [0.29, 0.717) is 25.5 Å². The Hall–Kier alpha value is -1.48. The topological polar surface area (TPSA) is 88.5 Å². The number of β-lactam (4-membered cyclic amide) rings is 1. The molecule has 4 aliphatic rings. The van der Waals surface area contributed by atoms with Crippen LogP contribution < -0.4 is 0 Å². The van der Waals surface area contributed by atoms with Crippen LogP contribution in [0.25, 0.3) is 0 Å². The largest absolute Gasteiger partial charge is 0.460 e. The third-order valence-corrected chi connectivity index (χ3v) is 6.59. The van der Waals surface area contributed by atoms with Crippen LogP contribution >= 0.6 is 0 Å². The molecule has 1 aliphatic carbocycles. The molecule has 1 N–H and O–H groups in total. The van der Waals surface area contributed by atoms with Gasteiger partial charge in [-0.2, -0.15) is 0 Å². The summed E-state index contributed by atoms with van der Waals surface area (Å²) in [4.78, 5) is 29.5. The predicted molar refractivity (Wildman–Crippen MR) is 99.2 cm³/mol. The van der Waals surface area contributed by atoms with Crippen molar-refractivity contribution in [3.8, 4) is 0 Å². The lowest BCUT2D eigenvalue weighted by Gasteiger charge is -2.47. The first-order valence-corrected chi connectivity index (χ1v) is 10.3. The van der Waals surface area contributed by atoms with Crippen molar-refractivity contribution in [3.05, 3.63) is 11.3 Å². The van der Waals surface area contributed by atoms with Gasteiger partial charge >= 0.3 is 5.97 Å². The van der Waals surface area contributed by atoms with Crippen LogP contribution in [0.15, 0.2) is 11.3 Å². The number of morpholine rings is 1. The highest BCUT2D eigenvalue weighted by molar-refractivity contribution is 6.01. The molecule has 156 valence electrons. The van der Waals surface area contributed by atoms with Crippen molar-refractivity contribution in [1.82, 2.24) is 9.80 Å². The van der Waals surface area contributed by atoms with Gasteiger partial charge in [0.25, 0.3) is 0 Å². The summed E-state index contributed by atoms with van der Waals surface area (Å²) in [6, 6.07) is -0.151. The maximum atomic E-state index is 13.0. The van der Waals surface area contributed by atoms with E-state index in [1.165, 1.54) is 0 Å². The zero-order valence-electron chi connectivity index (χ0n) is 16.6. The molecule has 0 aromatic rings. The molecule has 8 nitrogen and oxygen atoms in total. The lowest BCUT2D eigenvalue weighted by molar-refractivity contribution is -0.164. The summed E-state index contributed by atoms with van der Waals surface area (Å²) in [5, 5.41) is 10.1. The van der Waals surface area contributed by atoms with E-state index in [0.717, 1.165) is 37.9 Å². The molecule has 0 aromatic carbocycles. The summed E-state index contributed by atoms with van der Waals surface area (Å²) >= 11 is 0. The quantitative estimate of drug-likeness (QED) is 0.507. The summed E-state index contributed by atoms with van der Waals surface area (Å²) in [5.41, 5.74) is 1.26. The number of hydrogen-bond donors (Lipinski definition) is 1. The number of rotatable bonds is 6. The molecule has 8 heteroatoms. The first-order valence-electron chi connectivity index (χ1n) is 10.3. The van der Waals surface area contributed by atoms with Gasteiger partial charge in [0.2, 0.25) is 5.91 Å². The van der Waals surface area contributed by atoms with E-state index in [-0.39, 0.29) is 30.6 Å². The lowest BCUT2D eigenvalue weighted by Crippen LogP contribution is -2.64. The number of esters is 1. The number of carbonyl (C=O) groups is 2. The molecule has 0 aromatic heterocycles. The number of carbonyl (C=O) groups excluding carboxylic acids is 2. The zero-order chi connectivity index (χ0) is 19.8. The van der Waals surface area contributed by atoms with Crippen LogP contribution in [0.2, 0.25) is 0 Å². The second-order valence-electron chi connectivity index (χ2n) is 8.12. The van der Waals surface area contributed by atoms with E-state index < -0.39 is 18.0 Å². The Labute approximate surface area is 165 Å². The number of amides is 1. The number of ether oxygens (including phenoxy) is 3. The van der Waals surface area contributed by atoms with Crippen LogP contribution in [-0.4, -0.2) is 91.6 Å². The Balaban J connectivity index is 1.50. The van der Waals surface area contributed by atoms with Gasteiger partial charge in [-0.05, 0) is 31.8 Å². The van der Waals surface area contributed by atoms with Crippen LogP contribution in [0.5, 0.6) is 0 Å². The normalized spacial score (nSPS) is 34.0. The first-order chi connectivity index (χ1) is 13.5. The highest BCUT2D eigenvalue weighted by Crippen LogP contribution is 2.52. The minimum absolute atomic E-state index is 0.0674. The highest BCUT2D eigenvalue weighted by atomic mass is 16.5. The smallest absolute Gasteiger partial charge is 0.355 e. The van der Waals surface area contributed by atoms with Crippen LogP contribution in [0, 0.1) is 11.8 Å². The number of nitrogens with zero attached hydrogens (tertiary/aromatic N) is 2. The molecule has 3 fully saturated rings. The van der Waals surface area contributed by atoms with Crippen molar-refractivity contribution in [2.45, 2.75) is 44.4 Å². The van der Waals surface area contributed by atoms with Gasteiger partial charge in [0.1, 0.15) is 12.3 Å². The van der Waals surface area contributed by atoms with Crippen LogP contribution in [0.1, 0.15) is 26.2 Å². The second kappa shape index (κ2) is 8.10. The van der Waals surface area contributed by atoms with Gasteiger partial charge in [0.05, 0.1) is 37.4 Å². The molecule has 1 saturated carbocycles. The number of aliphatic hydroxyl groups is 1. The average Bonchev–Trinajstić information content (AvgIpc) is 2.99. The Morgan fingerprint density at radius 1 is 1.32 bits per heavy atom. The summed E-state index contributed by atoms with van der Waals surface area (Å²) in [5.74, 6) is -1.01. The first kappa shape index (κ1) is 19.8. The summed E-state index contributed by atoms with van der Waals surface area (Å²) in [6.45, 7) is 5.66. The van der Waals surface area contributed by atoms with Gasteiger partial charge in [0, 0.05) is 32.7 Å². The standard InChI is InChI=1S/C20H30N2O6/c1-12(23)15-17-13-4-3-5-14(26-2)16(13)18(22(17)19(15)24)20(25)28-11-8-21-6-9-27-10-7-21/h12-15,17,23H,3-11H2,1-2H3. The van der Waals surface area contributed by atoms with Crippen molar-refractivity contribution < 1.29 is 28.9 Å². The van der Waals surface area contributed by atoms with E-state index in [9.17, 15) is 14.7 Å². The number of fused-ring (bicyclic) bond motifs is 3. The molecule has 5 atom stereocenters. The highest BCUT2D eigenvalue weighted by Gasteiger charge is 2.62. The van der Waals surface area contributed by atoms with Gasteiger partial charge in [-0.3, -0.25) is 9.69 Å². The number of aliphatic hydroxyl groups excluding tert-OH is 1. The van der Waals surface area contributed by atoms with Crippen molar-refractivity contribution in [2.75, 3.05) is 46.6 Å². The zero-order valence-corrected chi connectivity index (χ0v) is 16.6. The van der Waals surface area contributed by atoms with E-state index in [4.69, 9.17) is 14.2 Å². The van der Waals surface area contributed by atoms with Crippen LogP contribution in [0.4, 0.5) is 0 Å². The summed E-state index contributed by atoms with van der Waals surface area (Å²) in [6.07, 6.45) is 1.82. The Kier molecular flexibility index (Phi) is 5.73. The third-order valence-electron chi connectivity index (χ3n) is 6.59. The van der Waals surface area contributed by atoms with Crippen molar-refractivity contribution in [1.29, 1.82) is 0 Å². The maximum Gasteiger partial charge on any atom is 0.355 e. The predicted octanol–water partition coefficient (Wildman–Crippen LogP) is 0.152. The number of methoxy groups -OCH3 is 1. The van der Waals surface area contributed by atoms with Gasteiger partial charge in [-0.25, -0.2) is 4.79 Å². The van der Waals surface area contributed by atoms with Gasteiger partial charge in [-0.1, -0.05) is 0 Å². The molecule has 0 radical (unpaired) electrons. The average molecular weight is 394 g/mol. The van der Waals surface area contributed by atoms with Gasteiger partial charge in [-0.15, -0.1) is 0 Å². The fourth-order valence-electron chi connectivity index (χ4n) is 5.23. The molecular formula is C20H30N2O6. The molecule has 0 bridgehead atoms. The molecule has 1 amide bonds. The summed E-state index contributed by atoms with van der Waals surface area (Å²) < 4.78 is 16.6. The molecule has 2 saturated heterocycles. The monoisotopic (exact) mass is 394 g/mol. The fourth-order valence-corrected chi connectivity index (χ4v) is 5.23. The molecule has 4 rings (SSSR count). The van der Waals surface area contributed by atoms with E-state index in [2.05, 4.69) is 4.90 Å². The lowest BCUT2D eigenvalue weighted by atomic mass is 9.72. The Morgan fingerprint density at radius 3 is 2.75 bits per heavy atom. The Bertz CT molecular complexity index is 657. The third kappa shape index (κ3) is 3.26. The molecular weight excluding hydrogens is 364 g/mol. The molecule has 3 heterocycles. The maximum absolute atomic E-state index is 13.0. The molecule has 0 spiro atoms. The number of hydrogen-bond acceptors (Lipinski definition) is 7. The van der Waals surface area contributed by atoms with E-state index in [1.807, 2.05) is 0 Å². The second-order valence-corrected chi connectivity index (χ2v) is 8.12. The van der Waals surface area contributed by atoms with Crippen LogP contribution in [0.3, 0.4) is 0 Å². The fraction of sp³-hybridized carbons (Fsp3) is 0.800. The minimum atomic E-state index is -0.727. The van der Waals surface area contributed by atoms with Crippen molar-refractivity contribution >= 4 is 11.9 Å². The van der Waals surface area contributed by atoms with E-state index in [1.54, 1.807) is 18.9 Å². The molecule has 28 heavy (non-hydrogen) atoms. The van der Waals surface area contributed by atoms with Crippen LogP contribution in [-0.2, 0) is 23.8 Å². The Morgan fingerprint density at radius 2 is 2.07 bits per heavy atom. The van der Waals surface area contributed by atoms with Gasteiger partial charge in [0.15, 0.2) is 0 Å².